The Kier molecular flexibility index (Phi) is 5.22. The zero-order valence-electron chi connectivity index (χ0n) is 8.35. The van der Waals surface area contributed by atoms with E-state index in [1.807, 2.05) is 0 Å². The maximum Gasteiger partial charge on any atom is 0.0296 e. The van der Waals surface area contributed by atoms with Gasteiger partial charge in [0.15, 0.2) is 0 Å². The minimum atomic E-state index is 0.579. The van der Waals surface area contributed by atoms with Crippen LogP contribution in [-0.4, -0.2) is 24.5 Å². The maximum atomic E-state index is 3.99. The highest BCUT2D eigenvalue weighted by atomic mass is 15.1. The molecule has 0 fully saturated rings. The standard InChI is InChI=1S/C10H21N/c1-6-8-11(5)10(7-2)9(3)4/h10H,3,6-8H2,1-2,4-5H3. The minimum Gasteiger partial charge on any atom is -0.300 e. The van der Waals surface area contributed by atoms with Crippen LogP contribution in [0.15, 0.2) is 12.2 Å². The molecule has 11 heavy (non-hydrogen) atoms. The number of nitrogens with zero attached hydrogens (tertiary/aromatic N) is 1. The third-order valence-electron chi connectivity index (χ3n) is 2.06. The minimum absolute atomic E-state index is 0.579. The fraction of sp³-hybridized carbons (Fsp3) is 0.800. The van der Waals surface area contributed by atoms with Crippen molar-refractivity contribution in [2.75, 3.05) is 13.6 Å². The second kappa shape index (κ2) is 5.36. The third kappa shape index (κ3) is 3.57. The van der Waals surface area contributed by atoms with Crippen LogP contribution in [0.4, 0.5) is 0 Å². The molecule has 0 N–H and O–H groups in total. The Hall–Kier alpha value is -0.300. The molecule has 0 bridgehead atoms. The average molecular weight is 155 g/mol. The normalized spacial score (nSPS) is 13.5. The summed E-state index contributed by atoms with van der Waals surface area (Å²) < 4.78 is 0. The molecule has 0 saturated heterocycles. The van der Waals surface area contributed by atoms with Gasteiger partial charge in [-0.05, 0) is 33.4 Å². The summed E-state index contributed by atoms with van der Waals surface area (Å²) in [5, 5.41) is 0. The molecular formula is C10H21N. The average Bonchev–Trinajstić information content (AvgIpc) is 1.88. The van der Waals surface area contributed by atoms with Crippen LogP contribution in [0.25, 0.3) is 0 Å². The van der Waals surface area contributed by atoms with Crippen molar-refractivity contribution in [3.8, 4) is 0 Å². The Bertz CT molecular complexity index is 118. The second-order valence-corrected chi connectivity index (χ2v) is 3.25. The van der Waals surface area contributed by atoms with Crippen molar-refractivity contribution in [2.45, 2.75) is 39.7 Å². The van der Waals surface area contributed by atoms with Gasteiger partial charge in [-0.25, -0.2) is 0 Å². The topological polar surface area (TPSA) is 3.24 Å². The Morgan fingerprint density at radius 3 is 2.27 bits per heavy atom. The van der Waals surface area contributed by atoms with E-state index in [0.717, 1.165) is 0 Å². The zero-order chi connectivity index (χ0) is 8.85. The van der Waals surface area contributed by atoms with Gasteiger partial charge in [0, 0.05) is 6.04 Å². The Balaban J connectivity index is 3.91. The highest BCUT2D eigenvalue weighted by molar-refractivity contribution is 5.01. The molecule has 66 valence electrons. The van der Waals surface area contributed by atoms with Gasteiger partial charge >= 0.3 is 0 Å². The molecule has 0 spiro atoms. The molecule has 0 aromatic carbocycles. The molecule has 0 aliphatic rings. The maximum absolute atomic E-state index is 3.99. The molecular weight excluding hydrogens is 134 g/mol. The van der Waals surface area contributed by atoms with E-state index in [1.165, 1.54) is 25.0 Å². The molecule has 0 amide bonds. The van der Waals surface area contributed by atoms with E-state index >= 15 is 0 Å². The molecule has 0 rings (SSSR count). The van der Waals surface area contributed by atoms with Gasteiger partial charge in [0.2, 0.25) is 0 Å². The van der Waals surface area contributed by atoms with E-state index < -0.39 is 0 Å². The summed E-state index contributed by atoms with van der Waals surface area (Å²) in [6, 6.07) is 0.579. The Morgan fingerprint density at radius 1 is 1.45 bits per heavy atom. The summed E-state index contributed by atoms with van der Waals surface area (Å²) >= 11 is 0. The molecule has 0 saturated carbocycles. The van der Waals surface area contributed by atoms with Gasteiger partial charge in [-0.2, -0.15) is 0 Å². The lowest BCUT2D eigenvalue weighted by molar-refractivity contribution is 0.266. The lowest BCUT2D eigenvalue weighted by Crippen LogP contribution is -2.32. The lowest BCUT2D eigenvalue weighted by atomic mass is 10.1. The second-order valence-electron chi connectivity index (χ2n) is 3.25. The molecule has 1 atom stereocenters. The van der Waals surface area contributed by atoms with Crippen LogP contribution in [0.1, 0.15) is 33.6 Å². The molecule has 0 radical (unpaired) electrons. The van der Waals surface area contributed by atoms with E-state index in [2.05, 4.69) is 39.3 Å². The first-order chi connectivity index (χ1) is 5.13. The van der Waals surface area contributed by atoms with Crippen molar-refractivity contribution in [1.82, 2.24) is 4.90 Å². The monoisotopic (exact) mass is 155 g/mol. The Morgan fingerprint density at radius 2 is 2.00 bits per heavy atom. The number of hydrogen-bond acceptors (Lipinski definition) is 1. The van der Waals surface area contributed by atoms with E-state index in [-0.39, 0.29) is 0 Å². The van der Waals surface area contributed by atoms with Gasteiger partial charge in [-0.1, -0.05) is 26.0 Å². The van der Waals surface area contributed by atoms with E-state index in [4.69, 9.17) is 0 Å². The summed E-state index contributed by atoms with van der Waals surface area (Å²) in [5.41, 5.74) is 1.28. The molecule has 0 heterocycles. The summed E-state index contributed by atoms with van der Waals surface area (Å²) in [4.78, 5) is 2.38. The lowest BCUT2D eigenvalue weighted by Gasteiger charge is -2.26. The molecule has 1 unspecified atom stereocenters. The summed E-state index contributed by atoms with van der Waals surface area (Å²) in [5.74, 6) is 0. The van der Waals surface area contributed by atoms with Crippen molar-refractivity contribution in [1.29, 1.82) is 0 Å². The molecule has 1 nitrogen and oxygen atoms in total. The van der Waals surface area contributed by atoms with Gasteiger partial charge in [0.25, 0.3) is 0 Å². The van der Waals surface area contributed by atoms with Crippen LogP contribution in [0.5, 0.6) is 0 Å². The highest BCUT2D eigenvalue weighted by Gasteiger charge is 2.11. The van der Waals surface area contributed by atoms with Crippen LogP contribution >= 0.6 is 0 Å². The number of rotatable bonds is 5. The van der Waals surface area contributed by atoms with Crippen molar-refractivity contribution < 1.29 is 0 Å². The third-order valence-corrected chi connectivity index (χ3v) is 2.06. The first-order valence-electron chi connectivity index (χ1n) is 4.49. The van der Waals surface area contributed by atoms with E-state index in [1.54, 1.807) is 0 Å². The number of likely N-dealkylation sites (N-methyl/N-ethyl adjacent to an activating group) is 1. The molecule has 1 heteroatoms. The highest BCUT2D eigenvalue weighted by Crippen LogP contribution is 2.10. The molecule has 0 aromatic heterocycles. The van der Waals surface area contributed by atoms with E-state index in [9.17, 15) is 0 Å². The summed E-state index contributed by atoms with van der Waals surface area (Å²) in [6.07, 6.45) is 2.39. The molecule has 0 aromatic rings. The van der Waals surface area contributed by atoms with Crippen LogP contribution in [-0.2, 0) is 0 Å². The van der Waals surface area contributed by atoms with Crippen LogP contribution in [0.2, 0.25) is 0 Å². The fourth-order valence-corrected chi connectivity index (χ4v) is 1.54. The van der Waals surface area contributed by atoms with Gasteiger partial charge in [-0.15, -0.1) is 0 Å². The predicted octanol–water partition coefficient (Wildman–Crippen LogP) is 2.68. The number of hydrogen-bond donors (Lipinski definition) is 0. The predicted molar refractivity (Wildman–Crippen MR) is 51.8 cm³/mol. The quantitative estimate of drug-likeness (QED) is 0.552. The van der Waals surface area contributed by atoms with Gasteiger partial charge in [0.05, 0.1) is 0 Å². The molecule has 0 aliphatic carbocycles. The molecule has 0 aliphatic heterocycles. The van der Waals surface area contributed by atoms with Gasteiger partial charge in [0.1, 0.15) is 0 Å². The smallest absolute Gasteiger partial charge is 0.0296 e. The van der Waals surface area contributed by atoms with Crippen molar-refractivity contribution in [3.05, 3.63) is 12.2 Å². The first kappa shape index (κ1) is 10.7. The van der Waals surface area contributed by atoms with Gasteiger partial charge in [-0.3, -0.25) is 4.90 Å². The van der Waals surface area contributed by atoms with Gasteiger partial charge < -0.3 is 0 Å². The van der Waals surface area contributed by atoms with Crippen LogP contribution in [0, 0.1) is 0 Å². The summed E-state index contributed by atoms with van der Waals surface area (Å²) in [6.45, 7) is 11.7. The van der Waals surface area contributed by atoms with Crippen LogP contribution < -0.4 is 0 Å². The SMILES string of the molecule is C=C(C)C(CC)N(C)CCC. The van der Waals surface area contributed by atoms with Crippen molar-refractivity contribution in [2.24, 2.45) is 0 Å². The van der Waals surface area contributed by atoms with Crippen molar-refractivity contribution in [3.63, 3.8) is 0 Å². The van der Waals surface area contributed by atoms with Crippen molar-refractivity contribution >= 4 is 0 Å². The summed E-state index contributed by atoms with van der Waals surface area (Å²) in [7, 11) is 2.17. The Labute approximate surface area is 71.1 Å². The van der Waals surface area contributed by atoms with E-state index in [0.29, 0.717) is 6.04 Å². The first-order valence-corrected chi connectivity index (χ1v) is 4.49. The largest absolute Gasteiger partial charge is 0.300 e. The van der Waals surface area contributed by atoms with Crippen LogP contribution in [0.3, 0.4) is 0 Å². The zero-order valence-corrected chi connectivity index (χ0v) is 8.35. The fourth-order valence-electron chi connectivity index (χ4n) is 1.54.